The van der Waals surface area contributed by atoms with Crippen molar-refractivity contribution in [2.24, 2.45) is 0 Å². The number of aryl methyl sites for hydroxylation is 1. The maximum Gasteiger partial charge on any atom is 0.237 e. The Balaban J connectivity index is 1.73. The highest BCUT2D eigenvalue weighted by Crippen LogP contribution is 2.28. The molecule has 0 bridgehead atoms. The molecule has 0 unspecified atom stereocenters. The lowest BCUT2D eigenvalue weighted by Gasteiger charge is -2.13. The fraction of sp³-hybridized carbons (Fsp3) is 0.286. The molecular formula is C21H24N4O2S. The Morgan fingerprint density at radius 2 is 1.82 bits per heavy atom. The number of ether oxygens (including phenoxy) is 1. The largest absolute Gasteiger partial charge is 0.497 e. The van der Waals surface area contributed by atoms with E-state index in [0.717, 1.165) is 33.5 Å². The molecule has 1 amide bonds. The predicted octanol–water partition coefficient (Wildman–Crippen LogP) is 4.40. The fourth-order valence-electron chi connectivity index (χ4n) is 2.71. The van der Waals surface area contributed by atoms with Crippen LogP contribution in [0.4, 0.5) is 5.69 Å². The Hall–Kier alpha value is -2.80. The number of hydrogen-bond donors (Lipinski definition) is 1. The van der Waals surface area contributed by atoms with Gasteiger partial charge in [0.1, 0.15) is 5.75 Å². The molecule has 2 aromatic carbocycles. The molecule has 0 fully saturated rings. The molecule has 0 aliphatic rings. The molecule has 3 aromatic rings. The minimum Gasteiger partial charge on any atom is -0.497 e. The minimum absolute atomic E-state index is 0.0643. The van der Waals surface area contributed by atoms with Crippen LogP contribution in [0, 0.1) is 6.92 Å². The van der Waals surface area contributed by atoms with E-state index in [1.54, 1.807) is 7.11 Å². The summed E-state index contributed by atoms with van der Waals surface area (Å²) in [7, 11) is 1.64. The standard InChI is InChI=1S/C21H24N4O2S/c1-5-25-19(16-8-12-18(27-4)13-9-16)23-24-21(25)28-15(3)20(26)22-17-10-6-14(2)7-11-17/h6-13,15H,5H2,1-4H3,(H,22,26)/t15-/m1/s1. The number of benzene rings is 2. The highest BCUT2D eigenvalue weighted by atomic mass is 32.2. The van der Waals surface area contributed by atoms with E-state index in [9.17, 15) is 4.79 Å². The van der Waals surface area contributed by atoms with E-state index in [0.29, 0.717) is 6.54 Å². The third-order valence-electron chi connectivity index (χ3n) is 4.35. The summed E-state index contributed by atoms with van der Waals surface area (Å²) >= 11 is 1.40. The summed E-state index contributed by atoms with van der Waals surface area (Å²) in [4.78, 5) is 12.5. The summed E-state index contributed by atoms with van der Waals surface area (Å²) in [6, 6.07) is 15.5. The minimum atomic E-state index is -0.306. The molecule has 0 aliphatic heterocycles. The maximum absolute atomic E-state index is 12.5. The highest BCUT2D eigenvalue weighted by Gasteiger charge is 2.20. The molecule has 0 saturated carbocycles. The summed E-state index contributed by atoms with van der Waals surface area (Å²) in [6.45, 7) is 6.64. The van der Waals surface area contributed by atoms with Crippen LogP contribution in [-0.2, 0) is 11.3 Å². The van der Waals surface area contributed by atoms with Gasteiger partial charge in [0.25, 0.3) is 0 Å². The van der Waals surface area contributed by atoms with Crippen LogP contribution < -0.4 is 10.1 Å². The van der Waals surface area contributed by atoms with Gasteiger partial charge in [-0.25, -0.2) is 0 Å². The maximum atomic E-state index is 12.5. The van der Waals surface area contributed by atoms with Crippen LogP contribution in [0.15, 0.2) is 53.7 Å². The SMILES string of the molecule is CCn1c(S[C@H](C)C(=O)Nc2ccc(C)cc2)nnc1-c1ccc(OC)cc1. The summed E-state index contributed by atoms with van der Waals surface area (Å²) in [5.74, 6) is 1.51. The van der Waals surface area contributed by atoms with Gasteiger partial charge in [0.05, 0.1) is 12.4 Å². The van der Waals surface area contributed by atoms with Crippen LogP contribution >= 0.6 is 11.8 Å². The lowest BCUT2D eigenvalue weighted by molar-refractivity contribution is -0.115. The number of nitrogens with one attached hydrogen (secondary N) is 1. The first-order chi connectivity index (χ1) is 13.5. The Morgan fingerprint density at radius 1 is 1.14 bits per heavy atom. The van der Waals surface area contributed by atoms with Crippen LogP contribution in [0.5, 0.6) is 5.75 Å². The number of hydrogen-bond acceptors (Lipinski definition) is 5. The zero-order chi connectivity index (χ0) is 20.1. The summed E-state index contributed by atoms with van der Waals surface area (Å²) in [5, 5.41) is 12.0. The smallest absolute Gasteiger partial charge is 0.237 e. The zero-order valence-electron chi connectivity index (χ0n) is 16.5. The van der Waals surface area contributed by atoms with Gasteiger partial charge in [-0.05, 0) is 57.2 Å². The number of thioether (sulfide) groups is 1. The number of nitrogens with zero attached hydrogens (tertiary/aromatic N) is 3. The van der Waals surface area contributed by atoms with Crippen molar-refractivity contribution in [2.75, 3.05) is 12.4 Å². The van der Waals surface area contributed by atoms with Gasteiger partial charge in [-0.15, -0.1) is 10.2 Å². The average Bonchev–Trinajstić information content (AvgIpc) is 3.12. The first kappa shape index (κ1) is 19.9. The molecule has 1 atom stereocenters. The first-order valence-electron chi connectivity index (χ1n) is 9.13. The van der Waals surface area contributed by atoms with E-state index >= 15 is 0 Å². The van der Waals surface area contributed by atoms with Crippen LogP contribution in [0.25, 0.3) is 11.4 Å². The van der Waals surface area contributed by atoms with Gasteiger partial charge in [-0.1, -0.05) is 29.5 Å². The normalized spacial score (nSPS) is 11.9. The van der Waals surface area contributed by atoms with Crippen molar-refractivity contribution < 1.29 is 9.53 Å². The molecule has 0 saturated heterocycles. The van der Waals surface area contributed by atoms with Crippen molar-refractivity contribution in [3.05, 3.63) is 54.1 Å². The van der Waals surface area contributed by atoms with E-state index in [1.807, 2.05) is 73.9 Å². The molecule has 6 nitrogen and oxygen atoms in total. The number of carbonyl (C=O) groups excluding carboxylic acids is 1. The molecule has 0 spiro atoms. The second-order valence-corrected chi connectivity index (χ2v) is 7.70. The average molecular weight is 397 g/mol. The van der Waals surface area contributed by atoms with E-state index in [-0.39, 0.29) is 11.2 Å². The summed E-state index contributed by atoms with van der Waals surface area (Å²) in [6.07, 6.45) is 0. The Morgan fingerprint density at radius 3 is 2.43 bits per heavy atom. The fourth-order valence-corrected chi connectivity index (χ4v) is 3.62. The number of anilines is 1. The van der Waals surface area contributed by atoms with Crippen molar-refractivity contribution in [2.45, 2.75) is 37.7 Å². The summed E-state index contributed by atoms with van der Waals surface area (Å²) in [5.41, 5.74) is 2.90. The van der Waals surface area contributed by atoms with Crippen LogP contribution in [0.3, 0.4) is 0 Å². The zero-order valence-corrected chi connectivity index (χ0v) is 17.3. The molecule has 0 aliphatic carbocycles. The molecule has 0 radical (unpaired) electrons. The molecule has 7 heteroatoms. The monoisotopic (exact) mass is 396 g/mol. The van der Waals surface area contributed by atoms with Gasteiger partial charge < -0.3 is 14.6 Å². The van der Waals surface area contributed by atoms with Crippen LogP contribution in [0.2, 0.25) is 0 Å². The second-order valence-electron chi connectivity index (χ2n) is 6.39. The summed E-state index contributed by atoms with van der Waals surface area (Å²) < 4.78 is 7.23. The quantitative estimate of drug-likeness (QED) is 0.600. The molecule has 1 aromatic heterocycles. The van der Waals surface area contributed by atoms with Crippen molar-refractivity contribution in [1.29, 1.82) is 0 Å². The van der Waals surface area contributed by atoms with Crippen LogP contribution in [-0.4, -0.2) is 33.0 Å². The Kier molecular flexibility index (Phi) is 6.36. The third-order valence-corrected chi connectivity index (χ3v) is 5.43. The second kappa shape index (κ2) is 8.93. The lowest BCUT2D eigenvalue weighted by Crippen LogP contribution is -2.22. The van der Waals surface area contributed by atoms with Crippen molar-refractivity contribution in [1.82, 2.24) is 14.8 Å². The third kappa shape index (κ3) is 4.54. The van der Waals surface area contributed by atoms with E-state index in [2.05, 4.69) is 15.5 Å². The van der Waals surface area contributed by atoms with Crippen molar-refractivity contribution in [3.63, 3.8) is 0 Å². The molecule has 1 heterocycles. The van der Waals surface area contributed by atoms with Gasteiger partial charge in [0.2, 0.25) is 5.91 Å². The first-order valence-corrected chi connectivity index (χ1v) is 10.0. The molecule has 28 heavy (non-hydrogen) atoms. The Labute approximate surface area is 169 Å². The van der Waals surface area contributed by atoms with Gasteiger partial charge >= 0.3 is 0 Å². The molecule has 146 valence electrons. The highest BCUT2D eigenvalue weighted by molar-refractivity contribution is 8.00. The van der Waals surface area contributed by atoms with Gasteiger partial charge in [-0.3, -0.25) is 4.79 Å². The van der Waals surface area contributed by atoms with Gasteiger partial charge in [-0.2, -0.15) is 0 Å². The van der Waals surface area contributed by atoms with Crippen molar-refractivity contribution in [3.8, 4) is 17.1 Å². The number of rotatable bonds is 7. The molecular weight excluding hydrogens is 372 g/mol. The number of aromatic nitrogens is 3. The predicted molar refractivity (Wildman–Crippen MR) is 113 cm³/mol. The van der Waals surface area contributed by atoms with Crippen molar-refractivity contribution >= 4 is 23.4 Å². The Bertz CT molecular complexity index is 936. The van der Waals surface area contributed by atoms with Gasteiger partial charge in [0.15, 0.2) is 11.0 Å². The van der Waals surface area contributed by atoms with E-state index < -0.39 is 0 Å². The van der Waals surface area contributed by atoms with E-state index in [4.69, 9.17) is 4.74 Å². The number of carbonyl (C=O) groups is 1. The molecule has 1 N–H and O–H groups in total. The lowest BCUT2D eigenvalue weighted by atomic mass is 10.2. The topological polar surface area (TPSA) is 69.0 Å². The molecule has 3 rings (SSSR count). The number of methoxy groups -OCH3 is 1. The van der Waals surface area contributed by atoms with Crippen LogP contribution in [0.1, 0.15) is 19.4 Å². The number of amides is 1. The van der Waals surface area contributed by atoms with Gasteiger partial charge in [0, 0.05) is 17.8 Å². The van der Waals surface area contributed by atoms with E-state index in [1.165, 1.54) is 11.8 Å².